The number of anilines is 1. The first-order valence-electron chi connectivity index (χ1n) is 8.37. The number of para-hydroxylation sites is 1. The monoisotopic (exact) mass is 413 g/mol. The number of hydrogen-bond acceptors (Lipinski definition) is 6. The predicted octanol–water partition coefficient (Wildman–Crippen LogP) is 2.13. The molecule has 29 heavy (non-hydrogen) atoms. The number of carbonyl (C=O) groups is 1. The minimum absolute atomic E-state index is 0.0350. The number of aromatic hydroxyl groups is 1. The summed E-state index contributed by atoms with van der Waals surface area (Å²) >= 11 is 0. The number of sulfonamides is 1. The van der Waals surface area contributed by atoms with Crippen molar-refractivity contribution < 1.29 is 28.2 Å². The van der Waals surface area contributed by atoms with Crippen LogP contribution in [-0.4, -0.2) is 26.6 Å². The van der Waals surface area contributed by atoms with E-state index in [1.165, 1.54) is 31.4 Å². The van der Waals surface area contributed by atoms with E-state index in [2.05, 4.69) is 9.46 Å². The van der Waals surface area contributed by atoms with Crippen molar-refractivity contribution in [3.63, 3.8) is 0 Å². The topological polar surface area (TPSA) is 124 Å². The Morgan fingerprint density at radius 1 is 1.03 bits per heavy atom. The third-order valence-electron chi connectivity index (χ3n) is 4.15. The van der Waals surface area contributed by atoms with Gasteiger partial charge in [0.2, 0.25) is 0 Å². The van der Waals surface area contributed by atoms with Gasteiger partial charge in [-0.3, -0.25) is 4.72 Å². The summed E-state index contributed by atoms with van der Waals surface area (Å²) in [5, 5.41) is 11.8. The SMILES string of the molecule is COC(=O)c1ccc(NS(=O)(=O)c2cccc(-c3ccccc3[NH+]=O)c2)cc1O. The maximum atomic E-state index is 12.8. The summed E-state index contributed by atoms with van der Waals surface area (Å²) in [6.07, 6.45) is 0. The largest absolute Gasteiger partial charge is 0.507 e. The van der Waals surface area contributed by atoms with Gasteiger partial charge in [0.25, 0.3) is 15.7 Å². The second-order valence-electron chi connectivity index (χ2n) is 6.00. The van der Waals surface area contributed by atoms with E-state index in [-0.39, 0.29) is 16.1 Å². The smallest absolute Gasteiger partial charge is 0.341 e. The molecule has 0 spiro atoms. The molecule has 0 saturated heterocycles. The number of phenols is 1. The number of rotatable bonds is 6. The molecule has 0 radical (unpaired) electrons. The maximum absolute atomic E-state index is 12.8. The molecule has 148 valence electrons. The molecule has 0 aliphatic carbocycles. The van der Waals surface area contributed by atoms with E-state index in [4.69, 9.17) is 0 Å². The Balaban J connectivity index is 1.94. The maximum Gasteiger partial charge on any atom is 0.341 e. The third kappa shape index (κ3) is 4.25. The van der Waals surface area contributed by atoms with E-state index in [1.54, 1.807) is 36.4 Å². The summed E-state index contributed by atoms with van der Waals surface area (Å²) in [5.74, 6) is -1.16. The Morgan fingerprint density at radius 2 is 1.79 bits per heavy atom. The van der Waals surface area contributed by atoms with E-state index in [1.807, 2.05) is 5.18 Å². The summed E-state index contributed by atoms with van der Waals surface area (Å²) < 4.78 is 32.4. The van der Waals surface area contributed by atoms with Gasteiger partial charge in [0, 0.05) is 22.2 Å². The van der Waals surface area contributed by atoms with Crippen LogP contribution in [0.3, 0.4) is 0 Å². The average Bonchev–Trinajstić information content (AvgIpc) is 2.73. The zero-order valence-electron chi connectivity index (χ0n) is 15.2. The lowest BCUT2D eigenvalue weighted by atomic mass is 10.0. The van der Waals surface area contributed by atoms with Crippen molar-refractivity contribution in [2.45, 2.75) is 4.90 Å². The molecule has 0 saturated carbocycles. The molecule has 0 aliphatic heterocycles. The Hall–Kier alpha value is -3.72. The van der Waals surface area contributed by atoms with E-state index in [0.717, 1.165) is 6.07 Å². The van der Waals surface area contributed by atoms with E-state index < -0.39 is 21.7 Å². The highest BCUT2D eigenvalue weighted by Crippen LogP contribution is 2.28. The van der Waals surface area contributed by atoms with Crippen LogP contribution in [0.5, 0.6) is 5.75 Å². The van der Waals surface area contributed by atoms with Gasteiger partial charge >= 0.3 is 5.97 Å². The predicted molar refractivity (Wildman–Crippen MR) is 106 cm³/mol. The summed E-state index contributed by atoms with van der Waals surface area (Å²) in [7, 11) is -2.82. The number of phenolic OH excluding ortho intramolecular Hbond substituents is 1. The lowest BCUT2D eigenvalue weighted by Gasteiger charge is -2.11. The van der Waals surface area contributed by atoms with Crippen LogP contribution in [0.2, 0.25) is 0 Å². The Kier molecular flexibility index (Phi) is 5.60. The molecule has 0 fully saturated rings. The van der Waals surface area contributed by atoms with Gasteiger partial charge in [-0.2, -0.15) is 0 Å². The average molecular weight is 413 g/mol. The van der Waals surface area contributed by atoms with Gasteiger partial charge in [-0.25, -0.2) is 13.2 Å². The van der Waals surface area contributed by atoms with Crippen molar-refractivity contribution in [3.8, 4) is 16.9 Å². The van der Waals surface area contributed by atoms with Crippen molar-refractivity contribution in [3.05, 3.63) is 77.2 Å². The van der Waals surface area contributed by atoms with Gasteiger partial charge in [-0.1, -0.05) is 24.3 Å². The van der Waals surface area contributed by atoms with Crippen LogP contribution in [0, 0.1) is 4.91 Å². The highest BCUT2D eigenvalue weighted by molar-refractivity contribution is 7.92. The standard InChI is InChI=1S/C20H16N2O6S/c1-28-20(24)17-10-9-14(12-19(17)23)22-29(26,27)15-6-4-5-13(11-15)16-7-2-3-8-18(16)21-25/h2-12,22-23H,1H3/p+1. The van der Waals surface area contributed by atoms with Crippen LogP contribution in [0.25, 0.3) is 11.1 Å². The van der Waals surface area contributed by atoms with Gasteiger partial charge < -0.3 is 9.84 Å². The van der Waals surface area contributed by atoms with Gasteiger partial charge in [0.05, 0.1) is 23.3 Å². The minimum atomic E-state index is -3.99. The van der Waals surface area contributed by atoms with Gasteiger partial charge in [0.1, 0.15) is 11.3 Å². The van der Waals surface area contributed by atoms with Crippen molar-refractivity contribution in [1.82, 2.24) is 0 Å². The van der Waals surface area contributed by atoms with Crippen LogP contribution < -0.4 is 9.90 Å². The first kappa shape index (κ1) is 20.0. The number of nitrogens with one attached hydrogen (secondary N) is 2. The number of benzene rings is 3. The van der Waals surface area contributed by atoms with Crippen LogP contribution in [0.1, 0.15) is 10.4 Å². The molecular formula is C20H17N2O6S+. The summed E-state index contributed by atoms with van der Waals surface area (Å²) in [5.41, 5.74) is 1.40. The van der Waals surface area contributed by atoms with Crippen molar-refractivity contribution in [2.75, 3.05) is 11.8 Å². The lowest BCUT2D eigenvalue weighted by molar-refractivity contribution is -0.378. The summed E-state index contributed by atoms with van der Waals surface area (Å²) in [6, 6.07) is 16.5. The Bertz CT molecular complexity index is 1190. The fourth-order valence-corrected chi connectivity index (χ4v) is 3.84. The Labute approximate surface area is 166 Å². The molecule has 9 heteroatoms. The van der Waals surface area contributed by atoms with Crippen LogP contribution in [0.15, 0.2) is 71.6 Å². The number of hydrogen-bond donors (Lipinski definition) is 3. The zero-order valence-corrected chi connectivity index (χ0v) is 16.1. The molecule has 0 aromatic heterocycles. The van der Waals surface area contributed by atoms with Crippen LogP contribution >= 0.6 is 0 Å². The second kappa shape index (κ2) is 8.11. The van der Waals surface area contributed by atoms with Crippen LogP contribution in [0.4, 0.5) is 11.4 Å². The molecular weight excluding hydrogens is 396 g/mol. The number of nitroso groups, excluding NO2 is 1. The number of methoxy groups -OCH3 is 1. The zero-order chi connectivity index (χ0) is 21.0. The summed E-state index contributed by atoms with van der Waals surface area (Å²) in [4.78, 5) is 22.6. The summed E-state index contributed by atoms with van der Waals surface area (Å²) in [6.45, 7) is 0. The molecule has 0 bridgehead atoms. The molecule has 3 rings (SSSR count). The third-order valence-corrected chi connectivity index (χ3v) is 5.53. The lowest BCUT2D eigenvalue weighted by Crippen LogP contribution is -2.56. The van der Waals surface area contributed by atoms with Crippen LogP contribution in [-0.2, 0) is 14.8 Å². The van der Waals surface area contributed by atoms with Crippen molar-refractivity contribution >= 4 is 27.4 Å². The fourth-order valence-electron chi connectivity index (χ4n) is 2.75. The van der Waals surface area contributed by atoms with Gasteiger partial charge in [-0.15, -0.1) is 0 Å². The molecule has 0 aliphatic rings. The highest BCUT2D eigenvalue weighted by atomic mass is 32.2. The number of esters is 1. The van der Waals surface area contributed by atoms with E-state index >= 15 is 0 Å². The molecule has 3 aromatic rings. The van der Waals surface area contributed by atoms with E-state index in [0.29, 0.717) is 16.8 Å². The van der Waals surface area contributed by atoms with Gasteiger partial charge in [0.15, 0.2) is 0 Å². The van der Waals surface area contributed by atoms with Crippen molar-refractivity contribution in [1.29, 1.82) is 0 Å². The highest BCUT2D eigenvalue weighted by Gasteiger charge is 2.19. The normalized spacial score (nSPS) is 10.9. The van der Waals surface area contributed by atoms with E-state index in [9.17, 15) is 23.2 Å². The van der Waals surface area contributed by atoms with Gasteiger partial charge in [-0.05, 0) is 35.9 Å². The number of ether oxygens (including phenoxy) is 1. The molecule has 0 heterocycles. The minimum Gasteiger partial charge on any atom is -0.507 e. The number of carbonyl (C=O) groups excluding carboxylic acids is 1. The fraction of sp³-hybridized carbons (Fsp3) is 0.0500. The molecule has 0 unspecified atom stereocenters. The quantitative estimate of drug-likeness (QED) is 0.532. The first-order valence-corrected chi connectivity index (χ1v) is 9.86. The molecule has 3 aromatic carbocycles. The molecule has 3 N–H and O–H groups in total. The molecule has 8 nitrogen and oxygen atoms in total. The molecule has 0 amide bonds. The Morgan fingerprint density at radius 3 is 2.48 bits per heavy atom. The second-order valence-corrected chi connectivity index (χ2v) is 7.69. The first-order chi connectivity index (χ1) is 13.9. The molecule has 0 atom stereocenters. The van der Waals surface area contributed by atoms with Crippen molar-refractivity contribution in [2.24, 2.45) is 0 Å².